The molecule has 12 heteroatoms. The number of nitrogens with one attached hydrogen (secondary N) is 1. The van der Waals surface area contributed by atoms with E-state index in [9.17, 15) is 27.6 Å². The van der Waals surface area contributed by atoms with Gasteiger partial charge < -0.3 is 0 Å². The third-order valence-electron chi connectivity index (χ3n) is 5.50. The third kappa shape index (κ3) is 4.81. The van der Waals surface area contributed by atoms with Gasteiger partial charge in [-0.15, -0.1) is 0 Å². The number of fused-ring (bicyclic) bond motifs is 1. The molecule has 11 nitrogen and oxygen atoms in total. The zero-order chi connectivity index (χ0) is 23.3. The highest BCUT2D eigenvalue weighted by Crippen LogP contribution is 2.32. The molecule has 1 fully saturated rings. The molecule has 0 bridgehead atoms. The lowest BCUT2D eigenvalue weighted by Crippen LogP contribution is -2.54. The smallest absolute Gasteiger partial charge is 0.263 e. The number of unbranched alkanes of at least 4 members (excludes halogenated alkanes) is 4. The Hall–Kier alpha value is -3.24. The lowest BCUT2D eigenvalue weighted by atomic mass is 10.0. The number of azide groups is 1. The molecule has 1 N–H and O–H groups in total. The summed E-state index contributed by atoms with van der Waals surface area (Å²) in [5.41, 5.74) is 7.96. The van der Waals surface area contributed by atoms with Gasteiger partial charge in [0.1, 0.15) is 6.04 Å². The van der Waals surface area contributed by atoms with Gasteiger partial charge in [0.2, 0.25) is 11.8 Å². The number of hydrogen-bond acceptors (Lipinski definition) is 7. The zero-order valence-electron chi connectivity index (χ0n) is 17.3. The number of hydrogen-bond donors (Lipinski definition) is 1. The van der Waals surface area contributed by atoms with Crippen LogP contribution in [0.4, 0.5) is 0 Å². The van der Waals surface area contributed by atoms with E-state index >= 15 is 0 Å². The molecular weight excluding hydrogens is 438 g/mol. The van der Waals surface area contributed by atoms with Crippen molar-refractivity contribution in [1.82, 2.24) is 10.2 Å². The maximum atomic E-state index is 13.0. The molecule has 0 aliphatic carbocycles. The van der Waals surface area contributed by atoms with E-state index in [0.29, 0.717) is 19.4 Å². The molecule has 1 aromatic rings. The molecule has 1 saturated heterocycles. The molecule has 0 spiro atoms. The average molecular weight is 462 g/mol. The van der Waals surface area contributed by atoms with Crippen LogP contribution in [-0.4, -0.2) is 55.3 Å². The summed E-state index contributed by atoms with van der Waals surface area (Å²) in [5.74, 6) is -2.99. The van der Waals surface area contributed by atoms with Crippen LogP contribution in [-0.2, 0) is 19.4 Å². The van der Waals surface area contributed by atoms with Crippen molar-refractivity contribution in [3.63, 3.8) is 0 Å². The van der Waals surface area contributed by atoms with Crippen LogP contribution in [0, 0.1) is 0 Å². The lowest BCUT2D eigenvalue weighted by molar-refractivity contribution is -0.136. The summed E-state index contributed by atoms with van der Waals surface area (Å²) < 4.78 is 25.9. The number of imide groups is 2. The molecule has 0 radical (unpaired) electrons. The van der Waals surface area contributed by atoms with Gasteiger partial charge in [0.25, 0.3) is 11.8 Å². The molecule has 170 valence electrons. The minimum Gasteiger partial charge on any atom is -0.295 e. The van der Waals surface area contributed by atoms with E-state index in [-0.39, 0.29) is 34.6 Å². The largest absolute Gasteiger partial charge is 0.295 e. The predicted molar refractivity (Wildman–Crippen MR) is 112 cm³/mol. The molecule has 0 aromatic heterocycles. The summed E-state index contributed by atoms with van der Waals surface area (Å²) in [7, 11) is -3.84. The van der Waals surface area contributed by atoms with Gasteiger partial charge in [-0.3, -0.25) is 29.4 Å². The highest BCUT2D eigenvalue weighted by Gasteiger charge is 2.46. The van der Waals surface area contributed by atoms with Crippen molar-refractivity contribution in [3.05, 3.63) is 39.8 Å². The van der Waals surface area contributed by atoms with E-state index < -0.39 is 39.5 Å². The van der Waals surface area contributed by atoms with Crippen molar-refractivity contribution in [1.29, 1.82) is 0 Å². The molecular formula is C20H23N5O6S. The number of carbonyl (C=O) groups is 4. The summed E-state index contributed by atoms with van der Waals surface area (Å²) in [6, 6.07) is 2.92. The van der Waals surface area contributed by atoms with Crippen LogP contribution < -0.4 is 5.32 Å². The maximum absolute atomic E-state index is 13.0. The summed E-state index contributed by atoms with van der Waals surface area (Å²) in [6.45, 7) is 0.408. The van der Waals surface area contributed by atoms with Gasteiger partial charge in [-0.05, 0) is 36.9 Å². The Morgan fingerprint density at radius 2 is 1.78 bits per heavy atom. The molecule has 2 heterocycles. The predicted octanol–water partition coefficient (Wildman–Crippen LogP) is 2.12. The van der Waals surface area contributed by atoms with Crippen molar-refractivity contribution in [2.24, 2.45) is 5.11 Å². The van der Waals surface area contributed by atoms with Crippen LogP contribution in [0.2, 0.25) is 0 Å². The molecule has 32 heavy (non-hydrogen) atoms. The molecule has 1 aromatic carbocycles. The van der Waals surface area contributed by atoms with Crippen LogP contribution in [0.5, 0.6) is 0 Å². The van der Waals surface area contributed by atoms with Crippen molar-refractivity contribution in [2.75, 3.05) is 12.3 Å². The highest BCUT2D eigenvalue weighted by molar-refractivity contribution is 7.91. The van der Waals surface area contributed by atoms with Gasteiger partial charge >= 0.3 is 0 Å². The summed E-state index contributed by atoms with van der Waals surface area (Å²) >= 11 is 0. The molecule has 2 aliphatic rings. The van der Waals surface area contributed by atoms with Crippen molar-refractivity contribution >= 4 is 33.5 Å². The minimum atomic E-state index is -3.84. The fraction of sp³-hybridized carbons (Fsp3) is 0.500. The first-order chi connectivity index (χ1) is 15.3. The van der Waals surface area contributed by atoms with Crippen LogP contribution in [0.25, 0.3) is 10.4 Å². The number of rotatable bonds is 10. The SMILES string of the molecule is [N-]=[N+]=NCCCCCCCS(=O)(=O)c1cccc2c1C(=O)N(C1CCC(=O)NC1=O)C2=O. The van der Waals surface area contributed by atoms with E-state index in [1.54, 1.807) is 0 Å². The zero-order valence-corrected chi connectivity index (χ0v) is 18.1. The van der Waals surface area contributed by atoms with Crippen LogP contribution in [0.3, 0.4) is 0 Å². The van der Waals surface area contributed by atoms with E-state index in [2.05, 4.69) is 15.3 Å². The molecule has 3 rings (SSSR count). The quantitative estimate of drug-likeness (QED) is 0.184. The van der Waals surface area contributed by atoms with Crippen molar-refractivity contribution in [2.45, 2.75) is 55.9 Å². The Morgan fingerprint density at radius 3 is 2.50 bits per heavy atom. The molecule has 1 atom stereocenters. The molecule has 4 amide bonds. The molecule has 0 saturated carbocycles. The van der Waals surface area contributed by atoms with Gasteiger partial charge in [0.15, 0.2) is 9.84 Å². The summed E-state index contributed by atoms with van der Waals surface area (Å²) in [4.78, 5) is 52.7. The van der Waals surface area contributed by atoms with Gasteiger partial charge in [-0.1, -0.05) is 30.4 Å². The Balaban J connectivity index is 1.72. The Labute approximate surface area is 184 Å². The Morgan fingerprint density at radius 1 is 1.06 bits per heavy atom. The lowest BCUT2D eigenvalue weighted by Gasteiger charge is -2.27. The van der Waals surface area contributed by atoms with E-state index in [1.165, 1.54) is 18.2 Å². The average Bonchev–Trinajstić information content (AvgIpc) is 3.00. The normalized spacial score (nSPS) is 18.4. The minimum absolute atomic E-state index is 0.00209. The first kappa shape index (κ1) is 23.4. The summed E-state index contributed by atoms with van der Waals surface area (Å²) in [6.07, 6.45) is 3.34. The van der Waals surface area contributed by atoms with E-state index in [0.717, 1.165) is 24.2 Å². The fourth-order valence-corrected chi connectivity index (χ4v) is 5.50. The van der Waals surface area contributed by atoms with Gasteiger partial charge in [-0.25, -0.2) is 8.42 Å². The topological polar surface area (TPSA) is 166 Å². The number of piperidine rings is 1. The van der Waals surface area contributed by atoms with Gasteiger partial charge in [0.05, 0.1) is 21.8 Å². The number of nitrogens with zero attached hydrogens (tertiary/aromatic N) is 4. The second kappa shape index (κ2) is 9.92. The molecule has 2 aliphatic heterocycles. The monoisotopic (exact) mass is 461 g/mol. The van der Waals surface area contributed by atoms with Crippen LogP contribution in [0.1, 0.15) is 65.7 Å². The number of benzene rings is 1. The summed E-state index contributed by atoms with van der Waals surface area (Å²) in [5, 5.41) is 5.55. The second-order valence-electron chi connectivity index (χ2n) is 7.67. The Bertz CT molecular complexity index is 1110. The fourth-order valence-electron chi connectivity index (χ4n) is 3.90. The van der Waals surface area contributed by atoms with E-state index in [1.807, 2.05) is 0 Å². The van der Waals surface area contributed by atoms with Crippen LogP contribution in [0.15, 0.2) is 28.2 Å². The second-order valence-corrected chi connectivity index (χ2v) is 9.74. The highest BCUT2D eigenvalue weighted by atomic mass is 32.2. The number of carbonyl (C=O) groups excluding carboxylic acids is 4. The third-order valence-corrected chi connectivity index (χ3v) is 7.34. The number of amides is 4. The van der Waals surface area contributed by atoms with Crippen molar-refractivity contribution < 1.29 is 27.6 Å². The van der Waals surface area contributed by atoms with Crippen LogP contribution >= 0.6 is 0 Å². The maximum Gasteiger partial charge on any atom is 0.263 e. The molecule has 1 unspecified atom stereocenters. The van der Waals surface area contributed by atoms with Gasteiger partial charge in [-0.2, -0.15) is 0 Å². The number of sulfone groups is 1. The standard InChI is InChI=1S/C20H23N5O6S/c21-24-22-11-4-2-1-3-5-12-32(30,31)15-8-6-7-13-17(15)20(29)25(19(13)28)14-9-10-16(26)23-18(14)27/h6-8,14H,1-5,9-12H2,(H,23,26,27). The first-order valence-electron chi connectivity index (χ1n) is 10.4. The van der Waals surface area contributed by atoms with Crippen molar-refractivity contribution in [3.8, 4) is 0 Å². The van der Waals surface area contributed by atoms with E-state index in [4.69, 9.17) is 5.53 Å². The van der Waals surface area contributed by atoms with Gasteiger partial charge in [0, 0.05) is 17.9 Å². The Kier molecular flexibility index (Phi) is 7.26. The first-order valence-corrected chi connectivity index (χ1v) is 12.0.